The van der Waals surface area contributed by atoms with Gasteiger partial charge < -0.3 is 10.6 Å². The first-order valence-electron chi connectivity index (χ1n) is 9.72. The van der Waals surface area contributed by atoms with Crippen LogP contribution in [0.4, 0.5) is 0 Å². The molecule has 2 N–H and O–H groups in total. The molecule has 0 atom stereocenters. The summed E-state index contributed by atoms with van der Waals surface area (Å²) >= 11 is 0. The van der Waals surface area contributed by atoms with Crippen LogP contribution in [0, 0.1) is 0 Å². The molecule has 0 aliphatic carbocycles. The molecule has 2 amide bonds. The van der Waals surface area contributed by atoms with Crippen LogP contribution in [-0.4, -0.2) is 39.6 Å². The van der Waals surface area contributed by atoms with E-state index in [9.17, 15) is 9.59 Å². The molecule has 1 aliphatic rings. The number of primary amides is 1. The summed E-state index contributed by atoms with van der Waals surface area (Å²) < 4.78 is 2.00. The number of hydrogen-bond donors (Lipinski definition) is 1. The van der Waals surface area contributed by atoms with Crippen LogP contribution in [0.15, 0.2) is 48.7 Å². The van der Waals surface area contributed by atoms with Crippen LogP contribution in [0.5, 0.6) is 0 Å². The SMILES string of the molecule is CCC(=O)N1CCC(n2ncc3c(C(N)=O)cc(-c4ccccc4)cc32)CC1. The maximum absolute atomic E-state index is 12.1. The Bertz CT molecular complexity index is 1020. The normalized spacial score (nSPS) is 15.1. The molecule has 4 rings (SSSR count). The molecule has 0 saturated carbocycles. The Balaban J connectivity index is 1.73. The Labute approximate surface area is 163 Å². The lowest BCUT2D eigenvalue weighted by molar-refractivity contribution is -0.132. The van der Waals surface area contributed by atoms with Gasteiger partial charge in [-0.3, -0.25) is 14.3 Å². The average Bonchev–Trinajstić information content (AvgIpc) is 3.17. The number of nitrogens with zero attached hydrogens (tertiary/aromatic N) is 3. The van der Waals surface area contributed by atoms with Crippen molar-refractivity contribution < 1.29 is 9.59 Å². The maximum Gasteiger partial charge on any atom is 0.249 e. The Morgan fingerprint density at radius 2 is 1.82 bits per heavy atom. The van der Waals surface area contributed by atoms with Gasteiger partial charge >= 0.3 is 0 Å². The molecule has 1 aromatic heterocycles. The second kappa shape index (κ2) is 7.46. The van der Waals surface area contributed by atoms with Crippen LogP contribution in [-0.2, 0) is 4.79 Å². The van der Waals surface area contributed by atoms with Gasteiger partial charge in [-0.1, -0.05) is 37.3 Å². The lowest BCUT2D eigenvalue weighted by Gasteiger charge is -2.32. The maximum atomic E-state index is 12.1. The second-order valence-corrected chi connectivity index (χ2v) is 7.24. The van der Waals surface area contributed by atoms with Crippen molar-refractivity contribution in [1.82, 2.24) is 14.7 Å². The first kappa shape index (κ1) is 18.2. The zero-order chi connectivity index (χ0) is 19.7. The van der Waals surface area contributed by atoms with E-state index in [1.165, 1.54) is 0 Å². The van der Waals surface area contributed by atoms with Gasteiger partial charge in [-0.05, 0) is 36.1 Å². The minimum Gasteiger partial charge on any atom is -0.366 e. The fraction of sp³-hybridized carbons (Fsp3) is 0.318. The number of hydrogen-bond acceptors (Lipinski definition) is 3. The molecule has 28 heavy (non-hydrogen) atoms. The topological polar surface area (TPSA) is 81.2 Å². The molecule has 2 aromatic carbocycles. The summed E-state index contributed by atoms with van der Waals surface area (Å²) in [5, 5.41) is 5.37. The lowest BCUT2D eigenvalue weighted by Crippen LogP contribution is -2.38. The number of amides is 2. The molecule has 1 fully saturated rings. The number of benzene rings is 2. The highest BCUT2D eigenvalue weighted by molar-refractivity contribution is 6.07. The van der Waals surface area contributed by atoms with E-state index in [0.717, 1.165) is 48.0 Å². The van der Waals surface area contributed by atoms with Crippen LogP contribution in [0.25, 0.3) is 22.0 Å². The highest BCUT2D eigenvalue weighted by Gasteiger charge is 2.25. The molecule has 0 bridgehead atoms. The van der Waals surface area contributed by atoms with Crippen LogP contribution in [0.3, 0.4) is 0 Å². The first-order valence-corrected chi connectivity index (χ1v) is 9.72. The number of fused-ring (bicyclic) bond motifs is 1. The molecule has 6 nitrogen and oxygen atoms in total. The molecule has 3 aromatic rings. The summed E-state index contributed by atoms with van der Waals surface area (Å²) in [6.45, 7) is 3.37. The van der Waals surface area contributed by atoms with Gasteiger partial charge in [-0.25, -0.2) is 0 Å². The number of aromatic nitrogens is 2. The third-order valence-electron chi connectivity index (χ3n) is 5.55. The Morgan fingerprint density at radius 3 is 2.46 bits per heavy atom. The predicted octanol–water partition coefficient (Wildman–Crippen LogP) is 3.38. The van der Waals surface area contributed by atoms with Gasteiger partial charge in [0.15, 0.2) is 0 Å². The van der Waals surface area contributed by atoms with Crippen LogP contribution in [0.1, 0.15) is 42.6 Å². The molecule has 1 saturated heterocycles. The fourth-order valence-corrected chi connectivity index (χ4v) is 4.02. The van der Waals surface area contributed by atoms with E-state index in [4.69, 9.17) is 5.73 Å². The molecule has 6 heteroatoms. The number of carbonyl (C=O) groups is 2. The van der Waals surface area contributed by atoms with Crippen molar-refractivity contribution in [3.63, 3.8) is 0 Å². The molecule has 0 spiro atoms. The summed E-state index contributed by atoms with van der Waals surface area (Å²) in [7, 11) is 0. The van der Waals surface area contributed by atoms with Gasteiger partial charge in [0.2, 0.25) is 11.8 Å². The Hall–Kier alpha value is -3.15. The van der Waals surface area contributed by atoms with Gasteiger partial charge in [-0.15, -0.1) is 0 Å². The molecule has 1 aliphatic heterocycles. The van der Waals surface area contributed by atoms with Crippen molar-refractivity contribution in [3.8, 4) is 11.1 Å². The van der Waals surface area contributed by atoms with Gasteiger partial charge in [0.05, 0.1) is 23.3 Å². The number of carbonyl (C=O) groups excluding carboxylic acids is 2. The average molecular weight is 376 g/mol. The third kappa shape index (κ3) is 3.26. The quantitative estimate of drug-likeness (QED) is 0.758. The molecule has 2 heterocycles. The minimum absolute atomic E-state index is 0.199. The van der Waals surface area contributed by atoms with E-state index < -0.39 is 5.91 Å². The molecule has 144 valence electrons. The summed E-state index contributed by atoms with van der Waals surface area (Å²) in [4.78, 5) is 25.9. The van der Waals surface area contributed by atoms with Crippen LogP contribution in [0.2, 0.25) is 0 Å². The second-order valence-electron chi connectivity index (χ2n) is 7.24. The van der Waals surface area contributed by atoms with Gasteiger partial charge in [0.1, 0.15) is 0 Å². The summed E-state index contributed by atoms with van der Waals surface area (Å²) in [6.07, 6.45) is 3.97. The lowest BCUT2D eigenvalue weighted by atomic mass is 9.99. The largest absolute Gasteiger partial charge is 0.366 e. The Morgan fingerprint density at radius 1 is 1.11 bits per heavy atom. The van der Waals surface area contributed by atoms with E-state index in [1.54, 1.807) is 6.20 Å². The standard InChI is InChI=1S/C22H24N4O2/c1-2-21(27)25-10-8-17(9-11-25)26-20-13-16(15-6-4-3-5-7-15)12-18(22(23)28)19(20)14-24-26/h3-7,12-14,17H,2,8-11H2,1H3,(H2,23,28). The molecular formula is C22H24N4O2. The third-order valence-corrected chi connectivity index (χ3v) is 5.55. The van der Waals surface area contributed by atoms with E-state index >= 15 is 0 Å². The fourth-order valence-electron chi connectivity index (χ4n) is 4.02. The predicted molar refractivity (Wildman–Crippen MR) is 109 cm³/mol. The highest BCUT2D eigenvalue weighted by atomic mass is 16.2. The highest BCUT2D eigenvalue weighted by Crippen LogP contribution is 2.32. The first-order chi connectivity index (χ1) is 13.6. The van der Waals surface area contributed by atoms with Crippen molar-refractivity contribution in [1.29, 1.82) is 0 Å². The zero-order valence-corrected chi connectivity index (χ0v) is 16.0. The van der Waals surface area contributed by atoms with Crippen molar-refractivity contribution in [2.75, 3.05) is 13.1 Å². The molecule has 0 radical (unpaired) electrons. The van der Waals surface area contributed by atoms with Crippen molar-refractivity contribution in [3.05, 3.63) is 54.2 Å². The summed E-state index contributed by atoms with van der Waals surface area (Å²) in [5.41, 5.74) is 9.04. The van der Waals surface area contributed by atoms with Crippen molar-refractivity contribution in [2.24, 2.45) is 5.73 Å². The van der Waals surface area contributed by atoms with E-state index in [1.807, 2.05) is 52.9 Å². The number of rotatable bonds is 4. The van der Waals surface area contributed by atoms with Crippen LogP contribution < -0.4 is 5.73 Å². The van der Waals surface area contributed by atoms with Crippen molar-refractivity contribution >= 4 is 22.7 Å². The van der Waals surface area contributed by atoms with E-state index in [0.29, 0.717) is 12.0 Å². The van der Waals surface area contributed by atoms with Gasteiger partial charge in [0.25, 0.3) is 0 Å². The molecular weight excluding hydrogens is 352 g/mol. The summed E-state index contributed by atoms with van der Waals surface area (Å²) in [6, 6.07) is 14.1. The van der Waals surface area contributed by atoms with E-state index in [-0.39, 0.29) is 11.9 Å². The number of piperidine rings is 1. The van der Waals surface area contributed by atoms with Gasteiger partial charge in [0, 0.05) is 24.9 Å². The monoisotopic (exact) mass is 376 g/mol. The minimum atomic E-state index is -0.453. The Kier molecular flexibility index (Phi) is 4.86. The zero-order valence-electron chi connectivity index (χ0n) is 16.0. The number of nitrogens with two attached hydrogens (primary N) is 1. The smallest absolute Gasteiger partial charge is 0.249 e. The molecule has 0 unspecified atom stereocenters. The van der Waals surface area contributed by atoms with Crippen LogP contribution >= 0.6 is 0 Å². The summed E-state index contributed by atoms with van der Waals surface area (Å²) in [5.74, 6) is -0.253. The van der Waals surface area contributed by atoms with Crippen molar-refractivity contribution in [2.45, 2.75) is 32.2 Å². The van der Waals surface area contributed by atoms with Gasteiger partial charge in [-0.2, -0.15) is 5.10 Å². The van der Waals surface area contributed by atoms with E-state index in [2.05, 4.69) is 11.2 Å². The number of likely N-dealkylation sites (tertiary alicyclic amines) is 1.